The topological polar surface area (TPSA) is 57.6 Å². The van der Waals surface area contributed by atoms with Crippen molar-refractivity contribution in [2.75, 3.05) is 6.54 Å². The monoisotopic (exact) mass is 225 g/mol. The Morgan fingerprint density at radius 1 is 1.44 bits per heavy atom. The van der Waals surface area contributed by atoms with Gasteiger partial charge in [-0.3, -0.25) is 9.59 Å². The summed E-state index contributed by atoms with van der Waals surface area (Å²) in [6, 6.07) is -0.0440. The lowest BCUT2D eigenvalue weighted by molar-refractivity contribution is -0.143. The maximum atomic E-state index is 11.7. The normalized spacial score (nSPS) is 31.3. The van der Waals surface area contributed by atoms with Gasteiger partial charge in [0.1, 0.15) is 0 Å². The highest BCUT2D eigenvalue weighted by atomic mass is 16.4. The van der Waals surface area contributed by atoms with Crippen molar-refractivity contribution in [2.24, 2.45) is 11.8 Å². The van der Waals surface area contributed by atoms with Gasteiger partial charge in [0.15, 0.2) is 0 Å². The number of aliphatic carboxylic acids is 1. The molecule has 4 nitrogen and oxygen atoms in total. The zero-order valence-corrected chi connectivity index (χ0v) is 9.69. The zero-order valence-electron chi connectivity index (χ0n) is 9.69. The van der Waals surface area contributed by atoms with Crippen molar-refractivity contribution in [3.05, 3.63) is 0 Å². The third-order valence-corrected chi connectivity index (χ3v) is 4.03. The summed E-state index contributed by atoms with van der Waals surface area (Å²) in [4.78, 5) is 24.7. The summed E-state index contributed by atoms with van der Waals surface area (Å²) in [6.45, 7) is 2.58. The van der Waals surface area contributed by atoms with Gasteiger partial charge in [0, 0.05) is 19.0 Å². The van der Waals surface area contributed by atoms with Gasteiger partial charge < -0.3 is 10.0 Å². The molecule has 0 radical (unpaired) electrons. The van der Waals surface area contributed by atoms with Gasteiger partial charge >= 0.3 is 5.97 Å². The Morgan fingerprint density at radius 2 is 2.06 bits per heavy atom. The van der Waals surface area contributed by atoms with Gasteiger partial charge in [-0.25, -0.2) is 0 Å². The number of carbonyl (C=O) groups is 2. The molecule has 1 saturated carbocycles. The predicted octanol–water partition coefficient (Wildman–Crippen LogP) is 1.50. The van der Waals surface area contributed by atoms with Crippen molar-refractivity contribution in [3.63, 3.8) is 0 Å². The Kier molecular flexibility index (Phi) is 3.17. The fraction of sp³-hybridized carbons (Fsp3) is 0.833. The standard InChI is InChI=1S/C12H19NO3/c1-2-13-10(14)7-9(12(15)16)11(13)8-5-3-4-6-8/h8-9,11H,2-7H2,1H3,(H,15,16)/t9-,11+/m0/s1. The van der Waals surface area contributed by atoms with Crippen molar-refractivity contribution in [3.8, 4) is 0 Å². The van der Waals surface area contributed by atoms with E-state index >= 15 is 0 Å². The Hall–Kier alpha value is -1.06. The first-order valence-electron chi connectivity index (χ1n) is 6.17. The lowest BCUT2D eigenvalue weighted by Crippen LogP contribution is -2.41. The minimum Gasteiger partial charge on any atom is -0.481 e. The van der Waals surface area contributed by atoms with Crippen LogP contribution in [0.4, 0.5) is 0 Å². The van der Waals surface area contributed by atoms with E-state index in [1.165, 1.54) is 12.8 Å². The number of nitrogens with zero attached hydrogens (tertiary/aromatic N) is 1. The number of likely N-dealkylation sites (tertiary alicyclic amines) is 1. The minimum atomic E-state index is -0.804. The van der Waals surface area contributed by atoms with E-state index in [2.05, 4.69) is 0 Å². The molecule has 90 valence electrons. The van der Waals surface area contributed by atoms with Crippen LogP contribution >= 0.6 is 0 Å². The lowest BCUT2D eigenvalue weighted by Gasteiger charge is -2.30. The second-order valence-electron chi connectivity index (χ2n) is 4.86. The van der Waals surface area contributed by atoms with Gasteiger partial charge in [-0.1, -0.05) is 12.8 Å². The predicted molar refractivity (Wildman–Crippen MR) is 58.9 cm³/mol. The molecule has 0 spiro atoms. The number of carboxylic acids is 1. The van der Waals surface area contributed by atoms with E-state index in [1.54, 1.807) is 4.90 Å². The molecular weight excluding hydrogens is 206 g/mol. The van der Waals surface area contributed by atoms with E-state index in [1.807, 2.05) is 6.92 Å². The number of hydrogen-bond acceptors (Lipinski definition) is 2. The first-order valence-corrected chi connectivity index (χ1v) is 6.17. The number of rotatable bonds is 3. The van der Waals surface area contributed by atoms with E-state index in [4.69, 9.17) is 0 Å². The third-order valence-electron chi connectivity index (χ3n) is 4.03. The van der Waals surface area contributed by atoms with Crippen molar-refractivity contribution in [1.82, 2.24) is 4.90 Å². The summed E-state index contributed by atoms with van der Waals surface area (Å²) in [6.07, 6.45) is 4.72. The SMILES string of the molecule is CCN1C(=O)C[C@H](C(=O)O)[C@H]1C1CCCC1. The van der Waals surface area contributed by atoms with Gasteiger partial charge in [-0.2, -0.15) is 0 Å². The van der Waals surface area contributed by atoms with Crippen LogP contribution in [0.25, 0.3) is 0 Å². The van der Waals surface area contributed by atoms with E-state index in [-0.39, 0.29) is 18.4 Å². The highest BCUT2D eigenvalue weighted by Crippen LogP contribution is 2.38. The molecule has 0 aromatic rings. The van der Waals surface area contributed by atoms with E-state index < -0.39 is 11.9 Å². The molecule has 0 aromatic heterocycles. The number of carbonyl (C=O) groups excluding carboxylic acids is 1. The van der Waals surface area contributed by atoms with Crippen LogP contribution in [0.1, 0.15) is 39.0 Å². The quantitative estimate of drug-likeness (QED) is 0.791. The third kappa shape index (κ3) is 1.81. The molecule has 1 aliphatic carbocycles. The van der Waals surface area contributed by atoms with Gasteiger partial charge in [-0.05, 0) is 25.7 Å². The molecule has 0 aromatic carbocycles. The number of amides is 1. The summed E-state index contributed by atoms with van der Waals surface area (Å²) < 4.78 is 0. The van der Waals surface area contributed by atoms with Crippen LogP contribution in [0.5, 0.6) is 0 Å². The summed E-state index contributed by atoms with van der Waals surface area (Å²) in [5.74, 6) is -0.851. The fourth-order valence-electron chi connectivity index (χ4n) is 3.31. The maximum Gasteiger partial charge on any atom is 0.309 e. The summed E-state index contributed by atoms with van der Waals surface area (Å²) in [5.41, 5.74) is 0. The Balaban J connectivity index is 2.20. The second kappa shape index (κ2) is 4.44. The Morgan fingerprint density at radius 3 is 2.56 bits per heavy atom. The molecule has 1 saturated heterocycles. The highest BCUT2D eigenvalue weighted by molar-refractivity contribution is 5.87. The molecular formula is C12H19NO3. The van der Waals surface area contributed by atoms with Crippen molar-refractivity contribution < 1.29 is 14.7 Å². The molecule has 2 rings (SSSR count). The van der Waals surface area contributed by atoms with Crippen molar-refractivity contribution >= 4 is 11.9 Å². The van der Waals surface area contributed by atoms with Crippen LogP contribution in [-0.4, -0.2) is 34.5 Å². The smallest absolute Gasteiger partial charge is 0.309 e. The lowest BCUT2D eigenvalue weighted by atomic mass is 9.87. The highest BCUT2D eigenvalue weighted by Gasteiger charge is 2.47. The molecule has 4 heteroatoms. The van der Waals surface area contributed by atoms with Crippen LogP contribution in [0.3, 0.4) is 0 Å². The van der Waals surface area contributed by atoms with Gasteiger partial charge in [0.25, 0.3) is 0 Å². The van der Waals surface area contributed by atoms with Crippen LogP contribution in [0, 0.1) is 11.8 Å². The first-order chi connectivity index (χ1) is 7.65. The Bertz CT molecular complexity index is 297. The molecule has 1 N–H and O–H groups in total. The largest absolute Gasteiger partial charge is 0.481 e. The molecule has 0 unspecified atom stereocenters. The summed E-state index contributed by atoms with van der Waals surface area (Å²) in [7, 11) is 0. The molecule has 0 bridgehead atoms. The molecule has 2 fully saturated rings. The first kappa shape index (κ1) is 11.4. The fourth-order valence-corrected chi connectivity index (χ4v) is 3.31. The van der Waals surface area contributed by atoms with E-state index in [0.29, 0.717) is 12.5 Å². The average Bonchev–Trinajstić information content (AvgIpc) is 2.83. The van der Waals surface area contributed by atoms with Crippen molar-refractivity contribution in [2.45, 2.75) is 45.1 Å². The molecule has 16 heavy (non-hydrogen) atoms. The summed E-state index contributed by atoms with van der Waals surface area (Å²) >= 11 is 0. The molecule has 2 aliphatic rings. The van der Waals surface area contributed by atoms with Crippen LogP contribution < -0.4 is 0 Å². The minimum absolute atomic E-state index is 0.0202. The van der Waals surface area contributed by atoms with Gasteiger partial charge in [-0.15, -0.1) is 0 Å². The zero-order chi connectivity index (χ0) is 11.7. The van der Waals surface area contributed by atoms with Crippen LogP contribution in [0.2, 0.25) is 0 Å². The molecule has 2 atom stereocenters. The molecule has 1 heterocycles. The maximum absolute atomic E-state index is 11.7. The van der Waals surface area contributed by atoms with E-state index in [0.717, 1.165) is 12.8 Å². The van der Waals surface area contributed by atoms with Gasteiger partial charge in [0.05, 0.1) is 5.92 Å². The van der Waals surface area contributed by atoms with Crippen LogP contribution in [-0.2, 0) is 9.59 Å². The average molecular weight is 225 g/mol. The number of hydrogen-bond donors (Lipinski definition) is 1. The van der Waals surface area contributed by atoms with Gasteiger partial charge in [0.2, 0.25) is 5.91 Å². The van der Waals surface area contributed by atoms with Crippen molar-refractivity contribution in [1.29, 1.82) is 0 Å². The summed E-state index contributed by atoms with van der Waals surface area (Å²) in [5, 5.41) is 9.20. The van der Waals surface area contributed by atoms with Crippen LogP contribution in [0.15, 0.2) is 0 Å². The second-order valence-corrected chi connectivity index (χ2v) is 4.86. The number of carboxylic acid groups (broad SMARTS) is 1. The Labute approximate surface area is 95.6 Å². The van der Waals surface area contributed by atoms with E-state index in [9.17, 15) is 14.7 Å². The molecule has 1 amide bonds. The molecule has 1 aliphatic heterocycles.